The third kappa shape index (κ3) is 2.21. The number of hydrogen-bond donors (Lipinski definition) is 0. The lowest BCUT2D eigenvalue weighted by Gasteiger charge is -2.27. The molecule has 86 valence electrons. The van der Waals surface area contributed by atoms with Gasteiger partial charge in [0.15, 0.2) is 0 Å². The largest absolute Gasteiger partial charge is 0.0841 e. The predicted molar refractivity (Wildman–Crippen MR) is 71.5 cm³/mol. The molecule has 0 atom stereocenters. The summed E-state index contributed by atoms with van der Waals surface area (Å²) >= 11 is 0. The molecule has 1 aliphatic rings. The van der Waals surface area contributed by atoms with Crippen LogP contribution >= 0.6 is 0 Å². The smallest absolute Gasteiger partial charge is 0.0196 e. The molecule has 16 heavy (non-hydrogen) atoms. The van der Waals surface area contributed by atoms with Gasteiger partial charge < -0.3 is 0 Å². The Labute approximate surface area is 99.4 Å². The Morgan fingerprint density at radius 2 is 2.12 bits per heavy atom. The molecule has 0 aromatic heterocycles. The highest BCUT2D eigenvalue weighted by Crippen LogP contribution is 2.33. The van der Waals surface area contributed by atoms with E-state index < -0.39 is 0 Å². The van der Waals surface area contributed by atoms with Gasteiger partial charge >= 0.3 is 0 Å². The average Bonchev–Trinajstić information content (AvgIpc) is 2.23. The van der Waals surface area contributed by atoms with Crippen LogP contribution < -0.4 is 0 Å². The van der Waals surface area contributed by atoms with Crippen molar-refractivity contribution in [1.82, 2.24) is 0 Å². The van der Waals surface area contributed by atoms with E-state index in [9.17, 15) is 0 Å². The third-order valence-electron chi connectivity index (χ3n) is 3.99. The molecule has 1 fully saturated rings. The molecule has 0 amide bonds. The van der Waals surface area contributed by atoms with Gasteiger partial charge in [-0.05, 0) is 55.4 Å². The fourth-order valence-corrected chi connectivity index (χ4v) is 2.48. The Balaban J connectivity index is 2.31. The molecule has 0 N–H and O–H groups in total. The van der Waals surface area contributed by atoms with Crippen molar-refractivity contribution in [3.63, 3.8) is 0 Å². The van der Waals surface area contributed by atoms with E-state index in [1.807, 2.05) is 0 Å². The molecule has 1 saturated carbocycles. The second kappa shape index (κ2) is 4.86. The number of aryl methyl sites for hydroxylation is 1. The first-order valence-electron chi connectivity index (χ1n) is 6.44. The van der Waals surface area contributed by atoms with E-state index in [2.05, 4.69) is 45.0 Å². The molecule has 1 aromatic rings. The summed E-state index contributed by atoms with van der Waals surface area (Å²) in [4.78, 5) is 0. The van der Waals surface area contributed by atoms with Gasteiger partial charge in [-0.3, -0.25) is 0 Å². The highest BCUT2D eigenvalue weighted by molar-refractivity contribution is 5.67. The van der Waals surface area contributed by atoms with Crippen molar-refractivity contribution in [3.05, 3.63) is 41.0 Å². The second-order valence-electron chi connectivity index (χ2n) is 5.07. The number of allylic oxidation sites excluding steroid dienone is 2. The van der Waals surface area contributed by atoms with Gasteiger partial charge in [0, 0.05) is 0 Å². The van der Waals surface area contributed by atoms with Crippen LogP contribution in [0.4, 0.5) is 0 Å². The van der Waals surface area contributed by atoms with Gasteiger partial charge in [-0.1, -0.05) is 43.5 Å². The van der Waals surface area contributed by atoms with Gasteiger partial charge in [-0.15, -0.1) is 0 Å². The number of rotatable bonds is 3. The molecule has 0 heteroatoms. The van der Waals surface area contributed by atoms with Crippen LogP contribution in [0.25, 0.3) is 5.57 Å². The van der Waals surface area contributed by atoms with Crippen LogP contribution in [-0.2, 0) is 6.42 Å². The van der Waals surface area contributed by atoms with Gasteiger partial charge in [-0.25, -0.2) is 0 Å². The summed E-state index contributed by atoms with van der Waals surface area (Å²) in [6.07, 6.45) is 7.81. The van der Waals surface area contributed by atoms with E-state index in [-0.39, 0.29) is 0 Å². The zero-order valence-electron chi connectivity index (χ0n) is 10.7. The predicted octanol–water partition coefficient (Wildman–Crippen LogP) is 4.76. The number of hydrogen-bond acceptors (Lipinski definition) is 0. The molecular weight excluding hydrogens is 192 g/mol. The van der Waals surface area contributed by atoms with Crippen molar-refractivity contribution in [2.24, 2.45) is 5.92 Å². The van der Waals surface area contributed by atoms with Crippen LogP contribution in [0.5, 0.6) is 0 Å². The van der Waals surface area contributed by atoms with Gasteiger partial charge in [0.25, 0.3) is 0 Å². The topological polar surface area (TPSA) is 0 Å². The highest BCUT2D eigenvalue weighted by Gasteiger charge is 2.20. The Morgan fingerprint density at radius 3 is 2.69 bits per heavy atom. The Bertz CT molecular complexity index is 394. The fourth-order valence-electron chi connectivity index (χ4n) is 2.48. The minimum absolute atomic E-state index is 0.949. The van der Waals surface area contributed by atoms with Crippen LogP contribution in [0.1, 0.15) is 49.8 Å². The summed E-state index contributed by atoms with van der Waals surface area (Å²) in [5.74, 6) is 0.949. The van der Waals surface area contributed by atoms with E-state index in [0.29, 0.717) is 0 Å². The first-order chi connectivity index (χ1) is 7.72. The molecule has 2 rings (SSSR count). The zero-order valence-corrected chi connectivity index (χ0v) is 10.7. The van der Waals surface area contributed by atoms with Crippen molar-refractivity contribution in [3.8, 4) is 0 Å². The fraction of sp³-hybridized carbons (Fsp3) is 0.500. The monoisotopic (exact) mass is 214 g/mol. The summed E-state index contributed by atoms with van der Waals surface area (Å²) in [5, 5.41) is 0. The van der Waals surface area contributed by atoms with Crippen LogP contribution in [0.2, 0.25) is 0 Å². The Hall–Kier alpha value is -1.04. The maximum atomic E-state index is 2.27. The first-order valence-corrected chi connectivity index (χ1v) is 6.44. The van der Waals surface area contributed by atoms with E-state index in [1.165, 1.54) is 42.4 Å². The van der Waals surface area contributed by atoms with Crippen LogP contribution in [0, 0.1) is 12.8 Å². The lowest BCUT2D eigenvalue weighted by atomic mass is 9.78. The van der Waals surface area contributed by atoms with E-state index in [1.54, 1.807) is 5.56 Å². The van der Waals surface area contributed by atoms with Gasteiger partial charge in [0.2, 0.25) is 0 Å². The molecule has 0 unspecified atom stereocenters. The Kier molecular flexibility index (Phi) is 3.48. The normalized spacial score (nSPS) is 17.3. The van der Waals surface area contributed by atoms with Gasteiger partial charge in [-0.2, -0.15) is 0 Å². The van der Waals surface area contributed by atoms with Gasteiger partial charge in [0.1, 0.15) is 0 Å². The Morgan fingerprint density at radius 1 is 1.38 bits per heavy atom. The molecule has 0 spiro atoms. The van der Waals surface area contributed by atoms with Crippen molar-refractivity contribution in [2.45, 2.75) is 46.5 Å². The maximum Gasteiger partial charge on any atom is -0.0196 e. The molecule has 1 aliphatic carbocycles. The van der Waals surface area contributed by atoms with E-state index in [0.717, 1.165) is 5.92 Å². The lowest BCUT2D eigenvalue weighted by molar-refractivity contribution is 0.314. The summed E-state index contributed by atoms with van der Waals surface area (Å²) in [5.41, 5.74) is 5.93. The maximum absolute atomic E-state index is 2.27. The molecule has 0 aliphatic heterocycles. The highest BCUT2D eigenvalue weighted by atomic mass is 14.2. The SMILES string of the molecule is C/C=C(\C)c1cccc(C)c1CC1CCC1. The van der Waals surface area contributed by atoms with Gasteiger partial charge in [0.05, 0.1) is 0 Å². The van der Waals surface area contributed by atoms with Crippen LogP contribution in [0.3, 0.4) is 0 Å². The molecule has 0 nitrogen and oxygen atoms in total. The molecule has 0 saturated heterocycles. The quantitative estimate of drug-likeness (QED) is 0.680. The second-order valence-corrected chi connectivity index (χ2v) is 5.07. The number of benzene rings is 1. The van der Waals surface area contributed by atoms with Crippen molar-refractivity contribution < 1.29 is 0 Å². The lowest BCUT2D eigenvalue weighted by Crippen LogP contribution is -2.15. The van der Waals surface area contributed by atoms with Crippen molar-refractivity contribution >= 4 is 5.57 Å². The summed E-state index contributed by atoms with van der Waals surface area (Å²) < 4.78 is 0. The molecule has 0 bridgehead atoms. The first kappa shape index (κ1) is 11.4. The summed E-state index contributed by atoms with van der Waals surface area (Å²) in [7, 11) is 0. The molecule has 1 aromatic carbocycles. The summed E-state index contributed by atoms with van der Waals surface area (Å²) in [6.45, 7) is 6.60. The molecular formula is C16H22. The minimum atomic E-state index is 0.949. The van der Waals surface area contributed by atoms with E-state index >= 15 is 0 Å². The van der Waals surface area contributed by atoms with Crippen LogP contribution in [0.15, 0.2) is 24.3 Å². The average molecular weight is 214 g/mol. The molecule has 0 heterocycles. The van der Waals surface area contributed by atoms with E-state index in [4.69, 9.17) is 0 Å². The third-order valence-corrected chi connectivity index (χ3v) is 3.99. The van der Waals surface area contributed by atoms with Crippen molar-refractivity contribution in [1.29, 1.82) is 0 Å². The molecule has 0 radical (unpaired) electrons. The summed E-state index contributed by atoms with van der Waals surface area (Å²) in [6, 6.07) is 6.71. The minimum Gasteiger partial charge on any atom is -0.0841 e. The zero-order chi connectivity index (χ0) is 11.5. The standard InChI is InChI=1S/C16H22/c1-4-12(2)15-10-5-7-13(3)16(15)11-14-8-6-9-14/h4-5,7,10,14H,6,8-9,11H2,1-3H3/b12-4+. The van der Waals surface area contributed by atoms with Crippen LogP contribution in [-0.4, -0.2) is 0 Å². The van der Waals surface area contributed by atoms with Crippen molar-refractivity contribution in [2.75, 3.05) is 0 Å².